The lowest BCUT2D eigenvalue weighted by Crippen LogP contribution is -2.37. The SMILES string of the molecule is COc1ccccc1OCCNCC1CCC(=O)N1. The van der Waals surface area contributed by atoms with E-state index < -0.39 is 0 Å². The Bertz CT molecular complexity index is 423. The fourth-order valence-corrected chi connectivity index (χ4v) is 2.08. The molecule has 1 unspecified atom stereocenters. The predicted molar refractivity (Wildman–Crippen MR) is 72.5 cm³/mol. The Kier molecular flexibility index (Phi) is 5.03. The van der Waals surface area contributed by atoms with Gasteiger partial charge in [-0.15, -0.1) is 0 Å². The first kappa shape index (κ1) is 13.7. The van der Waals surface area contributed by atoms with E-state index in [4.69, 9.17) is 9.47 Å². The molecule has 0 aliphatic carbocycles. The first-order valence-corrected chi connectivity index (χ1v) is 6.55. The Balaban J connectivity index is 1.62. The number of rotatable bonds is 7. The smallest absolute Gasteiger partial charge is 0.220 e. The number of benzene rings is 1. The predicted octanol–water partition coefficient (Wildman–Crippen LogP) is 0.942. The van der Waals surface area contributed by atoms with Crippen LogP contribution in [0.1, 0.15) is 12.8 Å². The second-order valence-corrected chi connectivity index (χ2v) is 4.51. The molecule has 2 rings (SSSR count). The van der Waals surface area contributed by atoms with E-state index in [9.17, 15) is 4.79 Å². The van der Waals surface area contributed by atoms with Gasteiger partial charge in [0, 0.05) is 25.6 Å². The van der Waals surface area contributed by atoms with Crippen LogP contribution in [0.3, 0.4) is 0 Å². The fourth-order valence-electron chi connectivity index (χ4n) is 2.08. The van der Waals surface area contributed by atoms with Crippen molar-refractivity contribution in [1.82, 2.24) is 10.6 Å². The molecule has 104 valence electrons. The molecule has 1 aliphatic rings. The Labute approximate surface area is 113 Å². The average Bonchev–Trinajstić information content (AvgIpc) is 2.84. The maximum absolute atomic E-state index is 11.0. The minimum absolute atomic E-state index is 0.150. The monoisotopic (exact) mass is 264 g/mol. The molecule has 0 saturated carbocycles. The summed E-state index contributed by atoms with van der Waals surface area (Å²) in [6.45, 7) is 2.10. The summed E-state index contributed by atoms with van der Waals surface area (Å²) in [5, 5.41) is 6.19. The number of hydrogen-bond donors (Lipinski definition) is 2. The van der Waals surface area contributed by atoms with Crippen LogP contribution in [0.25, 0.3) is 0 Å². The molecule has 1 aliphatic heterocycles. The van der Waals surface area contributed by atoms with E-state index >= 15 is 0 Å². The summed E-state index contributed by atoms with van der Waals surface area (Å²) in [6.07, 6.45) is 1.56. The van der Waals surface area contributed by atoms with Gasteiger partial charge in [-0.1, -0.05) is 12.1 Å². The number of nitrogens with one attached hydrogen (secondary N) is 2. The summed E-state index contributed by atoms with van der Waals surface area (Å²) in [5.74, 6) is 1.64. The number of carbonyl (C=O) groups is 1. The lowest BCUT2D eigenvalue weighted by Gasteiger charge is -2.13. The van der Waals surface area contributed by atoms with Gasteiger partial charge in [-0.3, -0.25) is 4.79 Å². The van der Waals surface area contributed by atoms with E-state index in [0.717, 1.165) is 31.0 Å². The van der Waals surface area contributed by atoms with Gasteiger partial charge in [0.25, 0.3) is 0 Å². The molecule has 1 aromatic rings. The van der Waals surface area contributed by atoms with Crippen molar-refractivity contribution in [1.29, 1.82) is 0 Å². The van der Waals surface area contributed by atoms with E-state index in [0.29, 0.717) is 13.0 Å². The second-order valence-electron chi connectivity index (χ2n) is 4.51. The summed E-state index contributed by atoms with van der Waals surface area (Å²) in [5.41, 5.74) is 0. The summed E-state index contributed by atoms with van der Waals surface area (Å²) in [4.78, 5) is 11.0. The molecule has 1 fully saturated rings. The second kappa shape index (κ2) is 6.99. The van der Waals surface area contributed by atoms with Crippen LogP contribution in [0, 0.1) is 0 Å². The van der Waals surface area contributed by atoms with Gasteiger partial charge in [0.2, 0.25) is 5.91 Å². The maximum atomic E-state index is 11.0. The van der Waals surface area contributed by atoms with Crippen LogP contribution in [0.2, 0.25) is 0 Å². The lowest BCUT2D eigenvalue weighted by molar-refractivity contribution is -0.119. The highest BCUT2D eigenvalue weighted by atomic mass is 16.5. The molecule has 1 atom stereocenters. The molecule has 1 saturated heterocycles. The topological polar surface area (TPSA) is 59.6 Å². The summed E-state index contributed by atoms with van der Waals surface area (Å²) < 4.78 is 10.8. The molecule has 1 amide bonds. The fraction of sp³-hybridized carbons (Fsp3) is 0.500. The van der Waals surface area contributed by atoms with Crippen molar-refractivity contribution in [3.63, 3.8) is 0 Å². The highest BCUT2D eigenvalue weighted by Gasteiger charge is 2.19. The van der Waals surface area contributed by atoms with Crippen molar-refractivity contribution in [2.45, 2.75) is 18.9 Å². The van der Waals surface area contributed by atoms with Gasteiger partial charge in [0.1, 0.15) is 6.61 Å². The number of hydrogen-bond acceptors (Lipinski definition) is 4. The summed E-state index contributed by atoms with van der Waals surface area (Å²) in [6, 6.07) is 7.84. The first-order chi connectivity index (χ1) is 9.29. The number of amides is 1. The molecular formula is C14H20N2O3. The van der Waals surface area contributed by atoms with Crippen LogP contribution >= 0.6 is 0 Å². The van der Waals surface area contributed by atoms with Crippen molar-refractivity contribution < 1.29 is 14.3 Å². The minimum Gasteiger partial charge on any atom is -0.493 e. The molecule has 2 N–H and O–H groups in total. The third kappa shape index (κ3) is 4.13. The Morgan fingerprint density at radius 3 is 2.84 bits per heavy atom. The molecule has 5 nitrogen and oxygen atoms in total. The van der Waals surface area contributed by atoms with E-state index in [2.05, 4.69) is 10.6 Å². The Morgan fingerprint density at radius 2 is 2.16 bits per heavy atom. The molecule has 19 heavy (non-hydrogen) atoms. The zero-order valence-electron chi connectivity index (χ0n) is 11.1. The van der Waals surface area contributed by atoms with Gasteiger partial charge in [0.15, 0.2) is 11.5 Å². The van der Waals surface area contributed by atoms with Gasteiger partial charge in [-0.25, -0.2) is 0 Å². The van der Waals surface area contributed by atoms with Crippen molar-refractivity contribution in [2.24, 2.45) is 0 Å². The maximum Gasteiger partial charge on any atom is 0.220 e. The standard InChI is InChI=1S/C14H20N2O3/c1-18-12-4-2-3-5-13(12)19-9-8-15-10-11-6-7-14(17)16-11/h2-5,11,15H,6-10H2,1H3,(H,16,17). The van der Waals surface area contributed by atoms with Crippen LogP contribution in [0.15, 0.2) is 24.3 Å². The number of ether oxygens (including phenoxy) is 2. The highest BCUT2D eigenvalue weighted by molar-refractivity contribution is 5.78. The van der Waals surface area contributed by atoms with Gasteiger partial charge in [-0.2, -0.15) is 0 Å². The molecule has 0 radical (unpaired) electrons. The van der Waals surface area contributed by atoms with Gasteiger partial charge in [0.05, 0.1) is 7.11 Å². The molecular weight excluding hydrogens is 244 g/mol. The molecule has 1 heterocycles. The van der Waals surface area contributed by atoms with E-state index in [-0.39, 0.29) is 11.9 Å². The molecule has 0 spiro atoms. The zero-order chi connectivity index (χ0) is 13.5. The minimum atomic E-state index is 0.150. The van der Waals surface area contributed by atoms with E-state index in [1.54, 1.807) is 7.11 Å². The number of carbonyl (C=O) groups excluding carboxylic acids is 1. The summed E-state index contributed by atoms with van der Waals surface area (Å²) >= 11 is 0. The van der Waals surface area contributed by atoms with Crippen molar-refractivity contribution in [2.75, 3.05) is 26.8 Å². The Morgan fingerprint density at radius 1 is 1.37 bits per heavy atom. The number of methoxy groups -OCH3 is 1. The van der Waals surface area contributed by atoms with Gasteiger partial charge >= 0.3 is 0 Å². The molecule has 0 bridgehead atoms. The highest BCUT2D eigenvalue weighted by Crippen LogP contribution is 2.25. The number of para-hydroxylation sites is 2. The van der Waals surface area contributed by atoms with Crippen molar-refractivity contribution in [3.05, 3.63) is 24.3 Å². The Hall–Kier alpha value is -1.75. The third-order valence-electron chi connectivity index (χ3n) is 3.08. The molecule has 0 aromatic heterocycles. The zero-order valence-corrected chi connectivity index (χ0v) is 11.1. The molecule has 1 aromatic carbocycles. The van der Waals surface area contributed by atoms with E-state index in [1.165, 1.54) is 0 Å². The van der Waals surface area contributed by atoms with Crippen LogP contribution < -0.4 is 20.1 Å². The largest absolute Gasteiger partial charge is 0.493 e. The third-order valence-corrected chi connectivity index (χ3v) is 3.08. The van der Waals surface area contributed by atoms with Crippen LogP contribution in [-0.4, -0.2) is 38.8 Å². The van der Waals surface area contributed by atoms with Crippen molar-refractivity contribution >= 4 is 5.91 Å². The first-order valence-electron chi connectivity index (χ1n) is 6.55. The van der Waals surface area contributed by atoms with Crippen LogP contribution in [0.4, 0.5) is 0 Å². The molecule has 5 heteroatoms. The normalized spacial score (nSPS) is 18.2. The van der Waals surface area contributed by atoms with E-state index in [1.807, 2.05) is 24.3 Å². The van der Waals surface area contributed by atoms with Gasteiger partial charge in [-0.05, 0) is 18.6 Å². The van der Waals surface area contributed by atoms with Crippen LogP contribution in [0.5, 0.6) is 11.5 Å². The van der Waals surface area contributed by atoms with Crippen LogP contribution in [-0.2, 0) is 4.79 Å². The van der Waals surface area contributed by atoms with Crippen molar-refractivity contribution in [3.8, 4) is 11.5 Å². The lowest BCUT2D eigenvalue weighted by atomic mass is 10.2. The summed E-state index contributed by atoms with van der Waals surface area (Å²) in [7, 11) is 1.63. The quantitative estimate of drug-likeness (QED) is 0.720. The van der Waals surface area contributed by atoms with Gasteiger partial charge < -0.3 is 20.1 Å². The average molecular weight is 264 g/mol.